The van der Waals surface area contributed by atoms with E-state index in [1.54, 1.807) is 11.3 Å². The van der Waals surface area contributed by atoms with Gasteiger partial charge in [0.15, 0.2) is 0 Å². The van der Waals surface area contributed by atoms with Gasteiger partial charge in [-0.2, -0.15) is 0 Å². The summed E-state index contributed by atoms with van der Waals surface area (Å²) in [6.45, 7) is 7.25. The Kier molecular flexibility index (Phi) is 5.27. The summed E-state index contributed by atoms with van der Waals surface area (Å²) in [6, 6.07) is 15.3. The van der Waals surface area contributed by atoms with Crippen LogP contribution in [0.3, 0.4) is 0 Å². The monoisotopic (exact) mass is 417 g/mol. The van der Waals surface area contributed by atoms with Gasteiger partial charge < -0.3 is 15.5 Å². The molecule has 1 unspecified atom stereocenters. The summed E-state index contributed by atoms with van der Waals surface area (Å²) in [5.41, 5.74) is 3.56. The van der Waals surface area contributed by atoms with E-state index < -0.39 is 0 Å². The van der Waals surface area contributed by atoms with E-state index in [9.17, 15) is 0 Å². The smallest absolute Gasteiger partial charge is 0.124 e. The summed E-state index contributed by atoms with van der Waals surface area (Å²) >= 11 is 1.75. The van der Waals surface area contributed by atoms with Crippen molar-refractivity contribution >= 4 is 28.2 Å². The Labute approximate surface area is 181 Å². The molecule has 1 fully saturated rings. The highest BCUT2D eigenvalue weighted by Crippen LogP contribution is 2.34. The molecule has 0 spiro atoms. The molecule has 2 aliphatic heterocycles. The molecular weight excluding hydrogens is 390 g/mol. The minimum Gasteiger partial charge on any atom is -0.365 e. The number of benzene rings is 1. The Balaban J connectivity index is 1.56. The molecule has 4 heterocycles. The van der Waals surface area contributed by atoms with Crippen molar-refractivity contribution in [3.63, 3.8) is 0 Å². The molecule has 0 aliphatic carbocycles. The Morgan fingerprint density at radius 3 is 2.87 bits per heavy atom. The van der Waals surface area contributed by atoms with E-state index in [-0.39, 0.29) is 0 Å². The molecule has 0 amide bonds. The van der Waals surface area contributed by atoms with Gasteiger partial charge >= 0.3 is 0 Å². The van der Waals surface area contributed by atoms with Gasteiger partial charge in [-0.1, -0.05) is 44.2 Å². The molecule has 0 radical (unpaired) electrons. The number of aromatic nitrogens is 2. The number of rotatable bonds is 4. The van der Waals surface area contributed by atoms with Crippen molar-refractivity contribution in [3.05, 3.63) is 75.5 Å². The predicted molar refractivity (Wildman–Crippen MR) is 124 cm³/mol. The van der Waals surface area contributed by atoms with Gasteiger partial charge in [0.25, 0.3) is 0 Å². The fourth-order valence-electron chi connectivity index (χ4n) is 4.19. The van der Waals surface area contributed by atoms with Crippen LogP contribution in [0, 0.1) is 0 Å². The van der Waals surface area contributed by atoms with Crippen molar-refractivity contribution < 1.29 is 0 Å². The molecular formula is C24H27N5S. The number of anilines is 1. The second kappa shape index (κ2) is 8.20. The molecule has 5 nitrogen and oxygen atoms in total. The van der Waals surface area contributed by atoms with E-state index in [4.69, 9.17) is 9.97 Å². The number of piperazine rings is 1. The van der Waals surface area contributed by atoms with Crippen LogP contribution in [0.1, 0.15) is 36.0 Å². The third-order valence-electron chi connectivity index (χ3n) is 5.68. The molecule has 6 heteroatoms. The van der Waals surface area contributed by atoms with Gasteiger partial charge in [0.1, 0.15) is 10.7 Å². The number of hydrogen-bond acceptors (Lipinski definition) is 6. The normalized spacial score (nSPS) is 18.3. The average molecular weight is 418 g/mol. The highest BCUT2D eigenvalue weighted by atomic mass is 32.1. The van der Waals surface area contributed by atoms with Crippen molar-refractivity contribution in [2.75, 3.05) is 25.0 Å². The summed E-state index contributed by atoms with van der Waals surface area (Å²) in [5, 5.41) is 11.6. The van der Waals surface area contributed by atoms with Crippen LogP contribution in [-0.4, -0.2) is 40.5 Å². The fraction of sp³-hybridized carbons (Fsp3) is 0.333. The van der Waals surface area contributed by atoms with Gasteiger partial charge in [0, 0.05) is 49.2 Å². The first-order valence-corrected chi connectivity index (χ1v) is 11.5. The van der Waals surface area contributed by atoms with E-state index in [0.717, 1.165) is 58.0 Å². The summed E-state index contributed by atoms with van der Waals surface area (Å²) < 4.78 is 0. The zero-order valence-electron chi connectivity index (χ0n) is 17.4. The first kappa shape index (κ1) is 19.3. The molecule has 0 saturated carbocycles. The lowest BCUT2D eigenvalue weighted by atomic mass is 10.0. The maximum Gasteiger partial charge on any atom is 0.124 e. The summed E-state index contributed by atoms with van der Waals surface area (Å²) in [6.07, 6.45) is 4.97. The van der Waals surface area contributed by atoms with Crippen LogP contribution >= 0.6 is 11.3 Å². The molecule has 5 rings (SSSR count). The van der Waals surface area contributed by atoms with Gasteiger partial charge in [-0.3, -0.25) is 4.98 Å². The van der Waals surface area contributed by atoms with Gasteiger partial charge in [-0.05, 0) is 24.1 Å². The van der Waals surface area contributed by atoms with E-state index in [1.165, 1.54) is 5.56 Å². The number of hydrogen-bond donors (Lipinski definition) is 2. The van der Waals surface area contributed by atoms with Gasteiger partial charge in [0.2, 0.25) is 0 Å². The quantitative estimate of drug-likeness (QED) is 0.683. The fourth-order valence-corrected chi connectivity index (χ4v) is 5.13. The lowest BCUT2D eigenvalue weighted by Gasteiger charge is -2.36. The molecule has 2 aliphatic rings. The predicted octanol–water partition coefficient (Wildman–Crippen LogP) is 2.50. The Morgan fingerprint density at radius 1 is 1.17 bits per heavy atom. The Bertz CT molecular complexity index is 1150. The van der Waals surface area contributed by atoms with Crippen molar-refractivity contribution in [3.8, 4) is 0 Å². The second-order valence-electron chi connectivity index (χ2n) is 8.25. The minimum atomic E-state index is 0.396. The lowest BCUT2D eigenvalue weighted by Crippen LogP contribution is -2.52. The van der Waals surface area contributed by atoms with Gasteiger partial charge in [-0.25, -0.2) is 4.98 Å². The minimum absolute atomic E-state index is 0.396. The van der Waals surface area contributed by atoms with Crippen molar-refractivity contribution in [2.45, 2.75) is 32.2 Å². The summed E-state index contributed by atoms with van der Waals surface area (Å²) in [5.74, 6) is 0.405. The highest BCUT2D eigenvalue weighted by Gasteiger charge is 2.28. The van der Waals surface area contributed by atoms with Gasteiger partial charge in [0.05, 0.1) is 16.1 Å². The molecule has 30 heavy (non-hydrogen) atoms. The van der Waals surface area contributed by atoms with Crippen molar-refractivity contribution in [1.29, 1.82) is 0 Å². The number of pyridine rings is 1. The van der Waals surface area contributed by atoms with Crippen LogP contribution in [0.4, 0.5) is 5.00 Å². The van der Waals surface area contributed by atoms with E-state index >= 15 is 0 Å². The van der Waals surface area contributed by atoms with E-state index in [1.807, 2.05) is 12.3 Å². The van der Waals surface area contributed by atoms with Crippen LogP contribution in [-0.2, 0) is 6.42 Å². The summed E-state index contributed by atoms with van der Waals surface area (Å²) in [7, 11) is 0. The molecule has 1 saturated heterocycles. The molecule has 2 aromatic heterocycles. The van der Waals surface area contributed by atoms with Crippen molar-refractivity contribution in [2.24, 2.45) is 0 Å². The van der Waals surface area contributed by atoms with E-state index in [0.29, 0.717) is 12.0 Å². The van der Waals surface area contributed by atoms with Crippen LogP contribution in [0.25, 0.3) is 11.9 Å². The largest absolute Gasteiger partial charge is 0.365 e. The third kappa shape index (κ3) is 3.73. The van der Waals surface area contributed by atoms with Crippen LogP contribution in [0.2, 0.25) is 0 Å². The molecule has 1 atom stereocenters. The highest BCUT2D eigenvalue weighted by molar-refractivity contribution is 7.16. The number of fused-ring (bicyclic) bond motifs is 2. The summed E-state index contributed by atoms with van der Waals surface area (Å²) in [4.78, 5) is 12.3. The van der Waals surface area contributed by atoms with Crippen LogP contribution in [0.15, 0.2) is 48.7 Å². The Morgan fingerprint density at radius 2 is 2.03 bits per heavy atom. The average Bonchev–Trinajstić information content (AvgIpc) is 3.12. The molecule has 0 bridgehead atoms. The maximum atomic E-state index is 5.07. The molecule has 1 aromatic carbocycles. The van der Waals surface area contributed by atoms with Crippen LogP contribution in [0.5, 0.6) is 0 Å². The van der Waals surface area contributed by atoms with Gasteiger partial charge in [-0.15, -0.1) is 11.3 Å². The zero-order chi connectivity index (χ0) is 20.5. The molecule has 2 N–H and O–H groups in total. The topological polar surface area (TPSA) is 53.1 Å². The zero-order valence-corrected chi connectivity index (χ0v) is 18.2. The standard InChI is InChI=1S/C24H27N5S/c1-16(2)23-28-21-22(20-18(9-6-10-26-20)14-27-24(21)30-23)29-12-11-25-19(15-29)13-17-7-4-3-5-8-17/h3-10,14,16,19,25,27H,11-13,15H2,1-2H3. The SMILES string of the molecule is CC(C)c1nc2c(s1)NC=c1cccnc1=C2N1CCNC(Cc2ccccc2)C1. The number of nitrogens with one attached hydrogen (secondary N) is 2. The molecule has 154 valence electrons. The van der Waals surface area contributed by atoms with E-state index in [2.05, 4.69) is 72.0 Å². The van der Waals surface area contributed by atoms with Crippen molar-refractivity contribution in [1.82, 2.24) is 20.2 Å². The van der Waals surface area contributed by atoms with Crippen LogP contribution < -0.4 is 21.2 Å². The first-order valence-electron chi connectivity index (χ1n) is 10.6. The third-order valence-corrected chi connectivity index (χ3v) is 6.97. The lowest BCUT2D eigenvalue weighted by molar-refractivity contribution is 0.275. The number of thiazole rings is 1. The first-order chi connectivity index (χ1) is 14.7. The number of nitrogens with zero attached hydrogens (tertiary/aromatic N) is 3. The second-order valence-corrected chi connectivity index (χ2v) is 9.28. The Hall–Kier alpha value is -2.70. The molecule has 3 aromatic rings. The maximum absolute atomic E-state index is 5.07.